The molecule has 1 aliphatic rings. The van der Waals surface area contributed by atoms with Gasteiger partial charge in [0.2, 0.25) is 0 Å². The highest BCUT2D eigenvalue weighted by molar-refractivity contribution is 5.25. The molecule has 0 atom stereocenters. The van der Waals surface area contributed by atoms with Gasteiger partial charge in [0.15, 0.2) is 0 Å². The molecular weight excluding hydrogens is 226 g/mol. The third-order valence-corrected chi connectivity index (χ3v) is 3.63. The van der Waals surface area contributed by atoms with Gasteiger partial charge in [-0.1, -0.05) is 24.3 Å². The number of aliphatic hydroxyl groups excluding tert-OH is 1. The van der Waals surface area contributed by atoms with Crippen molar-refractivity contribution in [1.82, 2.24) is 4.90 Å². The van der Waals surface area contributed by atoms with Crippen molar-refractivity contribution in [3.8, 4) is 0 Å². The second-order valence-corrected chi connectivity index (χ2v) is 5.00. The molecule has 1 N–H and O–H groups in total. The van der Waals surface area contributed by atoms with Gasteiger partial charge in [-0.2, -0.15) is 0 Å². The van der Waals surface area contributed by atoms with Gasteiger partial charge in [0, 0.05) is 19.6 Å². The molecule has 3 heteroatoms. The molecule has 0 amide bonds. The Morgan fingerprint density at radius 2 is 2.00 bits per heavy atom. The number of piperidine rings is 1. The fourth-order valence-corrected chi connectivity index (χ4v) is 2.48. The van der Waals surface area contributed by atoms with Crippen LogP contribution in [0.1, 0.15) is 24.0 Å². The van der Waals surface area contributed by atoms with Crippen LogP contribution in [0.2, 0.25) is 0 Å². The molecule has 0 aromatic heterocycles. The van der Waals surface area contributed by atoms with E-state index in [0.717, 1.165) is 32.5 Å². The van der Waals surface area contributed by atoms with E-state index in [9.17, 15) is 0 Å². The fourth-order valence-electron chi connectivity index (χ4n) is 2.48. The van der Waals surface area contributed by atoms with Gasteiger partial charge in [-0.25, -0.2) is 0 Å². The molecule has 1 aromatic rings. The van der Waals surface area contributed by atoms with Crippen LogP contribution in [-0.4, -0.2) is 42.4 Å². The Hall–Kier alpha value is -0.900. The lowest BCUT2D eigenvalue weighted by Crippen LogP contribution is -2.37. The Labute approximate surface area is 109 Å². The second-order valence-electron chi connectivity index (χ2n) is 5.00. The minimum absolute atomic E-state index is 0.128. The molecule has 1 aromatic carbocycles. The summed E-state index contributed by atoms with van der Waals surface area (Å²) in [5.74, 6) is 0. The zero-order valence-electron chi connectivity index (χ0n) is 11.1. The molecule has 18 heavy (non-hydrogen) atoms. The van der Waals surface area contributed by atoms with Gasteiger partial charge in [0.25, 0.3) is 0 Å². The van der Waals surface area contributed by atoms with Crippen LogP contribution >= 0.6 is 0 Å². The van der Waals surface area contributed by atoms with E-state index >= 15 is 0 Å². The van der Waals surface area contributed by atoms with Gasteiger partial charge in [-0.3, -0.25) is 4.90 Å². The molecule has 0 unspecified atom stereocenters. The number of likely N-dealkylation sites (tertiary alicyclic amines) is 1. The first kappa shape index (κ1) is 13.5. The highest BCUT2D eigenvalue weighted by atomic mass is 16.5. The third-order valence-electron chi connectivity index (χ3n) is 3.63. The summed E-state index contributed by atoms with van der Waals surface area (Å²) in [5.41, 5.74) is 2.79. The number of hydrogen-bond acceptors (Lipinski definition) is 3. The van der Waals surface area contributed by atoms with Gasteiger partial charge in [0.05, 0.1) is 19.3 Å². The van der Waals surface area contributed by atoms with Crippen molar-refractivity contribution in [2.45, 2.75) is 32.4 Å². The van der Waals surface area contributed by atoms with Gasteiger partial charge in [-0.15, -0.1) is 0 Å². The summed E-state index contributed by atoms with van der Waals surface area (Å²) in [4.78, 5) is 2.49. The molecule has 3 nitrogen and oxygen atoms in total. The van der Waals surface area contributed by atoms with E-state index in [1.54, 1.807) is 0 Å². The minimum atomic E-state index is 0.128. The van der Waals surface area contributed by atoms with Crippen molar-refractivity contribution < 1.29 is 9.84 Å². The molecule has 1 saturated heterocycles. The Morgan fingerprint density at radius 1 is 1.28 bits per heavy atom. The van der Waals surface area contributed by atoms with Crippen molar-refractivity contribution >= 4 is 0 Å². The summed E-state index contributed by atoms with van der Waals surface area (Å²) in [6.07, 6.45) is 2.49. The van der Waals surface area contributed by atoms with Gasteiger partial charge >= 0.3 is 0 Å². The zero-order valence-corrected chi connectivity index (χ0v) is 11.1. The van der Waals surface area contributed by atoms with Crippen LogP contribution in [0.3, 0.4) is 0 Å². The second kappa shape index (κ2) is 6.88. The molecular formula is C15H23NO2. The van der Waals surface area contributed by atoms with Crippen molar-refractivity contribution in [3.05, 3.63) is 35.4 Å². The van der Waals surface area contributed by atoms with Crippen LogP contribution in [0.25, 0.3) is 0 Å². The lowest BCUT2D eigenvalue weighted by Gasteiger charge is -2.32. The topological polar surface area (TPSA) is 32.7 Å². The average Bonchev–Trinajstić information content (AvgIpc) is 2.41. The number of hydrogen-bond donors (Lipinski definition) is 1. The van der Waals surface area contributed by atoms with E-state index < -0.39 is 0 Å². The maximum atomic E-state index is 8.74. The predicted molar refractivity (Wildman–Crippen MR) is 72.5 cm³/mol. The van der Waals surface area contributed by atoms with E-state index in [1.807, 2.05) is 0 Å². The smallest absolute Gasteiger partial charge is 0.0701 e. The monoisotopic (exact) mass is 249 g/mol. The summed E-state index contributed by atoms with van der Waals surface area (Å²) in [6, 6.07) is 8.59. The summed E-state index contributed by atoms with van der Waals surface area (Å²) in [7, 11) is 0. The van der Waals surface area contributed by atoms with Crippen molar-refractivity contribution in [2.75, 3.05) is 26.3 Å². The highest BCUT2D eigenvalue weighted by Crippen LogP contribution is 2.17. The first-order valence-corrected chi connectivity index (χ1v) is 6.79. The number of rotatable bonds is 5. The Bertz CT molecular complexity index is 359. The molecule has 0 spiro atoms. The quantitative estimate of drug-likeness (QED) is 0.866. The molecule has 2 rings (SSSR count). The van der Waals surface area contributed by atoms with E-state index in [1.165, 1.54) is 11.1 Å². The van der Waals surface area contributed by atoms with Gasteiger partial charge < -0.3 is 9.84 Å². The summed E-state index contributed by atoms with van der Waals surface area (Å²) >= 11 is 0. The summed E-state index contributed by atoms with van der Waals surface area (Å²) < 4.78 is 5.58. The molecule has 1 aliphatic heterocycles. The number of ether oxygens (including phenoxy) is 1. The molecule has 0 aliphatic carbocycles. The molecule has 1 heterocycles. The first-order valence-electron chi connectivity index (χ1n) is 6.79. The molecule has 0 bridgehead atoms. The number of benzene rings is 1. The van der Waals surface area contributed by atoms with Crippen molar-refractivity contribution in [3.63, 3.8) is 0 Å². The lowest BCUT2D eigenvalue weighted by molar-refractivity contribution is -0.00903. The number of aliphatic hydroxyl groups is 1. The predicted octanol–water partition coefficient (Wildman–Crippen LogP) is 1.97. The molecule has 1 fully saturated rings. The van der Waals surface area contributed by atoms with Crippen LogP contribution in [0.15, 0.2) is 24.3 Å². The van der Waals surface area contributed by atoms with Gasteiger partial charge in [-0.05, 0) is 30.9 Å². The van der Waals surface area contributed by atoms with E-state index in [0.29, 0.717) is 12.7 Å². The molecule has 100 valence electrons. The van der Waals surface area contributed by atoms with Crippen molar-refractivity contribution in [1.29, 1.82) is 0 Å². The average molecular weight is 249 g/mol. The Kier molecular flexibility index (Phi) is 5.17. The van der Waals surface area contributed by atoms with Crippen LogP contribution in [0, 0.1) is 6.92 Å². The van der Waals surface area contributed by atoms with Crippen LogP contribution < -0.4 is 0 Å². The van der Waals surface area contributed by atoms with E-state index in [4.69, 9.17) is 9.84 Å². The highest BCUT2D eigenvalue weighted by Gasteiger charge is 2.19. The zero-order chi connectivity index (χ0) is 12.8. The van der Waals surface area contributed by atoms with E-state index in [2.05, 4.69) is 36.1 Å². The van der Waals surface area contributed by atoms with Crippen LogP contribution in [-0.2, 0) is 11.3 Å². The largest absolute Gasteiger partial charge is 0.394 e. The Balaban J connectivity index is 1.78. The van der Waals surface area contributed by atoms with Crippen LogP contribution in [0.4, 0.5) is 0 Å². The molecule has 0 saturated carbocycles. The maximum Gasteiger partial charge on any atom is 0.0701 e. The molecule has 0 radical (unpaired) electrons. The normalized spacial score (nSPS) is 18.1. The lowest BCUT2D eigenvalue weighted by atomic mass is 10.0. The number of aryl methyl sites for hydroxylation is 1. The fraction of sp³-hybridized carbons (Fsp3) is 0.600. The number of nitrogens with zero attached hydrogens (tertiary/aromatic N) is 1. The third kappa shape index (κ3) is 3.80. The minimum Gasteiger partial charge on any atom is -0.394 e. The van der Waals surface area contributed by atoms with Crippen LogP contribution in [0.5, 0.6) is 0 Å². The van der Waals surface area contributed by atoms with Gasteiger partial charge in [0.1, 0.15) is 0 Å². The van der Waals surface area contributed by atoms with E-state index in [-0.39, 0.29) is 6.61 Å². The first-order chi connectivity index (χ1) is 8.79. The summed E-state index contributed by atoms with van der Waals surface area (Å²) in [6.45, 7) is 5.99. The maximum absolute atomic E-state index is 8.74. The SMILES string of the molecule is Cc1ccccc1CN1CCC(OCCO)CC1. The van der Waals surface area contributed by atoms with Crippen molar-refractivity contribution in [2.24, 2.45) is 0 Å². The standard InChI is InChI=1S/C15H23NO2/c1-13-4-2-3-5-14(13)12-16-8-6-15(7-9-16)18-11-10-17/h2-5,15,17H,6-12H2,1H3. The summed E-state index contributed by atoms with van der Waals surface area (Å²) in [5, 5.41) is 8.74. The Morgan fingerprint density at radius 3 is 2.67 bits per heavy atom.